The van der Waals surface area contributed by atoms with Gasteiger partial charge in [-0.1, -0.05) is 59.8 Å². The topological polar surface area (TPSA) is 56.7 Å². The van der Waals surface area contributed by atoms with E-state index in [0.29, 0.717) is 17.5 Å². The molecule has 2 heterocycles. The minimum atomic E-state index is 0.576. The Hall–Kier alpha value is -2.86. The first-order valence-electron chi connectivity index (χ1n) is 8.33. The van der Waals surface area contributed by atoms with Crippen LogP contribution in [0.5, 0.6) is 0 Å². The van der Waals surface area contributed by atoms with Gasteiger partial charge < -0.3 is 4.42 Å². The van der Waals surface area contributed by atoms with Gasteiger partial charge in [0.1, 0.15) is 0 Å². The van der Waals surface area contributed by atoms with Gasteiger partial charge in [0.2, 0.25) is 11.8 Å². The van der Waals surface area contributed by atoms with Gasteiger partial charge in [-0.3, -0.25) is 4.57 Å². The third-order valence-corrected chi connectivity index (χ3v) is 4.92. The Balaban J connectivity index is 1.73. The number of imidazole rings is 1. The molecule has 0 saturated carbocycles. The van der Waals surface area contributed by atoms with Gasteiger partial charge in [-0.05, 0) is 19.1 Å². The maximum Gasteiger partial charge on any atom is 0.226 e. The highest BCUT2D eigenvalue weighted by Crippen LogP contribution is 2.31. The van der Waals surface area contributed by atoms with E-state index in [9.17, 15) is 0 Å². The van der Waals surface area contributed by atoms with Crippen molar-refractivity contribution in [3.63, 3.8) is 0 Å². The molecule has 2 aromatic carbocycles. The molecule has 2 aromatic heterocycles. The Morgan fingerprint density at radius 2 is 1.73 bits per heavy atom. The van der Waals surface area contributed by atoms with Gasteiger partial charge >= 0.3 is 0 Å². The first-order valence-corrected chi connectivity index (χ1v) is 9.31. The highest BCUT2D eigenvalue weighted by molar-refractivity contribution is 7.98. The van der Waals surface area contributed by atoms with Crippen LogP contribution >= 0.6 is 11.8 Å². The number of rotatable bonds is 5. The average Bonchev–Trinajstić information content (AvgIpc) is 3.27. The molecule has 0 N–H and O–H groups in total. The van der Waals surface area contributed by atoms with Gasteiger partial charge in [0.25, 0.3) is 0 Å². The van der Waals surface area contributed by atoms with E-state index in [1.54, 1.807) is 18.7 Å². The van der Waals surface area contributed by atoms with Crippen LogP contribution in [-0.4, -0.2) is 19.7 Å². The molecule has 0 saturated heterocycles. The van der Waals surface area contributed by atoms with Crippen LogP contribution in [0.15, 0.2) is 70.4 Å². The smallest absolute Gasteiger partial charge is 0.226 e. The highest BCUT2D eigenvalue weighted by Gasteiger charge is 2.15. The number of aromatic nitrogens is 4. The Bertz CT molecular complexity index is 1010. The molecule has 26 heavy (non-hydrogen) atoms. The van der Waals surface area contributed by atoms with Crippen LogP contribution in [0, 0.1) is 13.8 Å². The summed E-state index contributed by atoms with van der Waals surface area (Å²) >= 11 is 1.58. The Kier molecular flexibility index (Phi) is 4.58. The standard InChI is InChI=1S/C20H18N4OS/c1-14-8-10-16(11-9-14)18-12-21-20(24(18)17-6-4-3-5-7-17)26-13-19-23-22-15(2)25-19/h3-12H,13H2,1-2H3. The molecule has 0 aliphatic rings. The fourth-order valence-electron chi connectivity index (χ4n) is 2.71. The summed E-state index contributed by atoms with van der Waals surface area (Å²) in [5, 5.41) is 8.84. The quantitative estimate of drug-likeness (QED) is 0.476. The van der Waals surface area contributed by atoms with Crippen molar-refractivity contribution >= 4 is 11.8 Å². The van der Waals surface area contributed by atoms with Crippen LogP contribution in [0.3, 0.4) is 0 Å². The van der Waals surface area contributed by atoms with E-state index >= 15 is 0 Å². The summed E-state index contributed by atoms with van der Waals surface area (Å²) < 4.78 is 7.64. The Labute approximate surface area is 156 Å². The van der Waals surface area contributed by atoms with Gasteiger partial charge in [-0.2, -0.15) is 0 Å². The second-order valence-corrected chi connectivity index (χ2v) is 6.91. The summed E-state index contributed by atoms with van der Waals surface area (Å²) in [6.07, 6.45) is 1.92. The molecule has 0 unspecified atom stereocenters. The van der Waals surface area contributed by atoms with Crippen LogP contribution < -0.4 is 0 Å². The molecule has 0 bridgehead atoms. The van der Waals surface area contributed by atoms with Crippen LogP contribution in [0.25, 0.3) is 16.9 Å². The van der Waals surface area contributed by atoms with Crippen molar-refractivity contribution in [2.24, 2.45) is 0 Å². The molecule has 0 fully saturated rings. The lowest BCUT2D eigenvalue weighted by molar-refractivity contribution is 0.485. The molecule has 0 radical (unpaired) electrons. The Morgan fingerprint density at radius 1 is 0.962 bits per heavy atom. The lowest BCUT2D eigenvalue weighted by Crippen LogP contribution is -1.99. The van der Waals surface area contributed by atoms with Crippen LogP contribution in [0.1, 0.15) is 17.3 Å². The van der Waals surface area contributed by atoms with Crippen molar-refractivity contribution in [1.82, 2.24) is 19.7 Å². The van der Waals surface area contributed by atoms with Gasteiger partial charge in [-0.15, -0.1) is 10.2 Å². The van der Waals surface area contributed by atoms with Crippen LogP contribution in [0.2, 0.25) is 0 Å². The molecular weight excluding hydrogens is 344 g/mol. The highest BCUT2D eigenvalue weighted by atomic mass is 32.2. The molecule has 6 heteroatoms. The average molecular weight is 362 g/mol. The maximum atomic E-state index is 5.48. The zero-order valence-corrected chi connectivity index (χ0v) is 15.4. The molecule has 0 spiro atoms. The zero-order valence-electron chi connectivity index (χ0n) is 14.6. The minimum absolute atomic E-state index is 0.576. The number of hydrogen-bond donors (Lipinski definition) is 0. The SMILES string of the molecule is Cc1ccc(-c2cnc(SCc3nnc(C)o3)n2-c2ccccc2)cc1. The zero-order chi connectivity index (χ0) is 17.9. The van der Waals surface area contributed by atoms with E-state index in [0.717, 1.165) is 22.1 Å². The van der Waals surface area contributed by atoms with Gasteiger partial charge in [0.05, 0.1) is 17.6 Å². The predicted octanol–water partition coefficient (Wildman–Crippen LogP) is 4.83. The molecule has 4 rings (SSSR count). The largest absolute Gasteiger partial charge is 0.425 e. The summed E-state index contributed by atoms with van der Waals surface area (Å²) in [5.41, 5.74) is 4.50. The number of benzene rings is 2. The number of nitrogens with zero attached hydrogens (tertiary/aromatic N) is 4. The second-order valence-electron chi connectivity index (χ2n) is 5.97. The normalized spacial score (nSPS) is 11.0. The molecule has 0 atom stereocenters. The summed E-state index contributed by atoms with van der Waals surface area (Å²) in [6, 6.07) is 18.7. The lowest BCUT2D eigenvalue weighted by Gasteiger charge is -2.12. The van der Waals surface area contributed by atoms with Crippen LogP contribution in [0.4, 0.5) is 0 Å². The van der Waals surface area contributed by atoms with E-state index in [1.165, 1.54) is 5.56 Å². The summed E-state index contributed by atoms with van der Waals surface area (Å²) in [5.74, 6) is 1.76. The summed E-state index contributed by atoms with van der Waals surface area (Å²) in [7, 11) is 0. The molecule has 0 aliphatic heterocycles. The van der Waals surface area contributed by atoms with E-state index in [2.05, 4.69) is 63.1 Å². The number of thioether (sulfide) groups is 1. The fraction of sp³-hybridized carbons (Fsp3) is 0.150. The first kappa shape index (κ1) is 16.6. The van der Waals surface area contributed by atoms with Gasteiger partial charge in [-0.25, -0.2) is 4.98 Å². The maximum absolute atomic E-state index is 5.48. The van der Waals surface area contributed by atoms with Crippen molar-refractivity contribution < 1.29 is 4.42 Å². The first-order chi connectivity index (χ1) is 12.7. The fourth-order valence-corrected chi connectivity index (χ4v) is 3.54. The molecular formula is C20H18N4OS. The molecule has 4 aromatic rings. The van der Waals surface area contributed by atoms with E-state index in [4.69, 9.17) is 4.42 Å². The number of hydrogen-bond acceptors (Lipinski definition) is 5. The van der Waals surface area contributed by atoms with E-state index in [1.807, 2.05) is 24.4 Å². The van der Waals surface area contributed by atoms with E-state index < -0.39 is 0 Å². The molecule has 5 nitrogen and oxygen atoms in total. The van der Waals surface area contributed by atoms with E-state index in [-0.39, 0.29) is 0 Å². The number of para-hydroxylation sites is 1. The monoisotopic (exact) mass is 362 g/mol. The minimum Gasteiger partial charge on any atom is -0.425 e. The van der Waals surface area contributed by atoms with Crippen molar-refractivity contribution in [3.8, 4) is 16.9 Å². The third-order valence-electron chi connectivity index (χ3n) is 3.98. The second kappa shape index (κ2) is 7.17. The summed E-state index contributed by atoms with van der Waals surface area (Å²) in [4.78, 5) is 4.65. The van der Waals surface area contributed by atoms with Crippen molar-refractivity contribution in [2.45, 2.75) is 24.8 Å². The van der Waals surface area contributed by atoms with Gasteiger partial charge in [0.15, 0.2) is 5.16 Å². The van der Waals surface area contributed by atoms with Crippen molar-refractivity contribution in [2.75, 3.05) is 0 Å². The lowest BCUT2D eigenvalue weighted by atomic mass is 10.1. The number of aryl methyl sites for hydroxylation is 2. The molecule has 0 amide bonds. The predicted molar refractivity (Wildman–Crippen MR) is 102 cm³/mol. The van der Waals surface area contributed by atoms with Crippen molar-refractivity contribution in [3.05, 3.63) is 78.1 Å². The van der Waals surface area contributed by atoms with Crippen LogP contribution in [-0.2, 0) is 5.75 Å². The molecule has 0 aliphatic carbocycles. The summed E-state index contributed by atoms with van der Waals surface area (Å²) in [6.45, 7) is 3.88. The van der Waals surface area contributed by atoms with Gasteiger partial charge in [0, 0.05) is 18.2 Å². The third kappa shape index (κ3) is 3.41. The van der Waals surface area contributed by atoms with Crippen molar-refractivity contribution in [1.29, 1.82) is 0 Å². The molecule has 130 valence electrons. The Morgan fingerprint density at radius 3 is 2.42 bits per heavy atom.